The summed E-state index contributed by atoms with van der Waals surface area (Å²) < 4.78 is 41.2. The van der Waals surface area contributed by atoms with Crippen LogP contribution in [0.1, 0.15) is 113 Å². The van der Waals surface area contributed by atoms with Crippen LogP contribution in [0.2, 0.25) is 18.1 Å². The summed E-state index contributed by atoms with van der Waals surface area (Å²) in [6.07, 6.45) is 0.688. The van der Waals surface area contributed by atoms with Gasteiger partial charge in [-0.2, -0.15) is 0 Å². The molecule has 0 aliphatic rings. The third-order valence-corrected chi connectivity index (χ3v) is 13.1. The molecule has 8 nitrogen and oxygen atoms in total. The maximum Gasteiger partial charge on any atom is 0.407 e. The number of rotatable bonds is 15. The van der Waals surface area contributed by atoms with Gasteiger partial charge in [0.2, 0.25) is 0 Å². The second-order valence-corrected chi connectivity index (χ2v) is 20.4. The molecular weight excluding hydrogens is 645 g/mol. The van der Waals surface area contributed by atoms with Gasteiger partial charge in [0.1, 0.15) is 17.2 Å². The predicted molar refractivity (Wildman–Crippen MR) is 194 cm³/mol. The number of carbonyl (C=O) groups is 3. The number of alkyl carbamates (subject to hydrolysis) is 1. The lowest BCUT2D eigenvalue weighted by atomic mass is 9.96. The molecule has 11 heteroatoms. The normalized spacial score (nSPS) is 14.1. The Kier molecular flexibility index (Phi) is 15.0. The fraction of sp³-hybridized carbons (Fsp3) is 0.605. The van der Waals surface area contributed by atoms with Gasteiger partial charge in [0, 0.05) is 36.3 Å². The lowest BCUT2D eigenvalue weighted by Crippen LogP contribution is -2.54. The average molecular weight is 704 g/mol. The third kappa shape index (κ3) is 13.5. The van der Waals surface area contributed by atoms with Gasteiger partial charge in [0.05, 0.1) is 12.1 Å². The zero-order valence-electron chi connectivity index (χ0n) is 31.7. The Balaban J connectivity index is 2.60. The summed E-state index contributed by atoms with van der Waals surface area (Å²) in [6.45, 7) is 24.7. The number of halogens is 2. The van der Waals surface area contributed by atoms with Crippen LogP contribution in [0.3, 0.4) is 0 Å². The number of carbonyl (C=O) groups excluding carboxylic acids is 3. The largest absolute Gasteiger partial charge is 0.444 e. The van der Waals surface area contributed by atoms with Crippen molar-refractivity contribution in [2.75, 3.05) is 13.1 Å². The highest BCUT2D eigenvalue weighted by molar-refractivity contribution is 6.74. The van der Waals surface area contributed by atoms with E-state index in [9.17, 15) is 23.2 Å². The summed E-state index contributed by atoms with van der Waals surface area (Å²) in [5.41, 5.74) is 1.10. The molecule has 2 N–H and O–H groups in total. The Labute approximate surface area is 293 Å². The van der Waals surface area contributed by atoms with Crippen molar-refractivity contribution in [1.82, 2.24) is 15.5 Å². The number of ether oxygens (including phenoxy) is 1. The molecule has 0 aliphatic carbocycles. The van der Waals surface area contributed by atoms with E-state index < -0.39 is 55.7 Å². The van der Waals surface area contributed by atoms with Gasteiger partial charge in [-0.15, -0.1) is 0 Å². The van der Waals surface area contributed by atoms with Crippen LogP contribution in [-0.2, 0) is 15.6 Å². The van der Waals surface area contributed by atoms with E-state index in [2.05, 4.69) is 44.5 Å². The molecular formula is C38H59F2N3O5Si. The summed E-state index contributed by atoms with van der Waals surface area (Å²) in [7, 11) is -2.50. The van der Waals surface area contributed by atoms with Gasteiger partial charge in [-0.25, -0.2) is 13.6 Å². The summed E-state index contributed by atoms with van der Waals surface area (Å²) in [4.78, 5) is 42.1. The van der Waals surface area contributed by atoms with Gasteiger partial charge in [-0.05, 0) is 120 Å². The molecule has 0 aromatic heterocycles. The Hall–Kier alpha value is -3.31. The number of hydrogen-bond donors (Lipinski definition) is 2. The van der Waals surface area contributed by atoms with E-state index in [1.54, 1.807) is 43.9 Å². The SMILES string of the molecule is CCCN(CCC)C(=O)c1cc(C)cc(C(=O)N[C@@H](Cc2cc(F)cc(F)c2)[C@H](C[C@@H](C)NC(=O)OC(C)(C)C)O[Si](C)(C)C(C)(C)C)c1. The molecule has 0 spiro atoms. The molecule has 0 saturated carbocycles. The first-order chi connectivity index (χ1) is 22.5. The Bertz CT molecular complexity index is 1410. The quantitative estimate of drug-likeness (QED) is 0.181. The monoisotopic (exact) mass is 703 g/mol. The van der Waals surface area contributed by atoms with Crippen LogP contribution in [0, 0.1) is 18.6 Å². The molecule has 3 atom stereocenters. The van der Waals surface area contributed by atoms with Crippen LogP contribution in [0.5, 0.6) is 0 Å². The molecule has 2 aromatic carbocycles. The second kappa shape index (κ2) is 17.6. The minimum Gasteiger partial charge on any atom is -0.444 e. The van der Waals surface area contributed by atoms with Gasteiger partial charge in [-0.3, -0.25) is 9.59 Å². The summed E-state index contributed by atoms with van der Waals surface area (Å²) in [6, 6.07) is 7.17. The minimum atomic E-state index is -2.50. The highest BCUT2D eigenvalue weighted by Crippen LogP contribution is 2.38. The standard InChI is InChI=1S/C38H59F2N3O5Si/c1-13-15-43(16-14-2)35(45)29-18-25(3)17-28(23-29)34(44)42-32(22-27-20-30(39)24-31(40)21-27)33(48-49(11,12)38(8,9)10)19-26(4)41-36(46)47-37(5,6)7/h17-18,20-21,23-24,26,32-33H,13-16,19,22H2,1-12H3,(H,41,46)(H,42,44)/t26-,32+,33+/m1/s1. The molecule has 0 aliphatic heterocycles. The van der Waals surface area contributed by atoms with Crippen LogP contribution in [0.4, 0.5) is 13.6 Å². The number of aryl methyl sites for hydroxylation is 1. The van der Waals surface area contributed by atoms with Crippen molar-refractivity contribution in [1.29, 1.82) is 0 Å². The van der Waals surface area contributed by atoms with Crippen molar-refractivity contribution >= 4 is 26.2 Å². The lowest BCUT2D eigenvalue weighted by Gasteiger charge is -2.42. The van der Waals surface area contributed by atoms with Crippen LogP contribution >= 0.6 is 0 Å². The number of hydrogen-bond acceptors (Lipinski definition) is 5. The molecule has 49 heavy (non-hydrogen) atoms. The zero-order valence-corrected chi connectivity index (χ0v) is 32.7. The van der Waals surface area contributed by atoms with Crippen molar-refractivity contribution in [3.8, 4) is 0 Å². The van der Waals surface area contributed by atoms with Crippen molar-refractivity contribution < 1.29 is 32.3 Å². The van der Waals surface area contributed by atoms with Crippen molar-refractivity contribution in [3.63, 3.8) is 0 Å². The first-order valence-corrected chi connectivity index (χ1v) is 20.3. The van der Waals surface area contributed by atoms with E-state index in [1.807, 2.05) is 27.7 Å². The summed E-state index contributed by atoms with van der Waals surface area (Å²) >= 11 is 0. The second-order valence-electron chi connectivity index (χ2n) is 15.6. The predicted octanol–water partition coefficient (Wildman–Crippen LogP) is 8.57. The molecule has 0 radical (unpaired) electrons. The summed E-state index contributed by atoms with van der Waals surface area (Å²) in [5, 5.41) is 5.77. The van der Waals surface area contributed by atoms with E-state index in [4.69, 9.17) is 9.16 Å². The maximum absolute atomic E-state index is 14.4. The van der Waals surface area contributed by atoms with Gasteiger partial charge in [0.25, 0.3) is 11.8 Å². The van der Waals surface area contributed by atoms with Crippen molar-refractivity contribution in [2.45, 2.75) is 137 Å². The Morgan fingerprint density at radius 1 is 0.857 bits per heavy atom. The topological polar surface area (TPSA) is 97.0 Å². The smallest absolute Gasteiger partial charge is 0.407 e. The maximum atomic E-state index is 14.4. The fourth-order valence-electron chi connectivity index (χ4n) is 5.35. The van der Waals surface area contributed by atoms with E-state index in [-0.39, 0.29) is 29.4 Å². The van der Waals surface area contributed by atoms with E-state index in [1.165, 1.54) is 12.1 Å². The number of nitrogens with zero attached hydrogens (tertiary/aromatic N) is 1. The molecule has 0 saturated heterocycles. The zero-order chi connectivity index (χ0) is 37.3. The van der Waals surface area contributed by atoms with Crippen molar-refractivity contribution in [2.24, 2.45) is 0 Å². The first kappa shape index (κ1) is 41.9. The average Bonchev–Trinajstić information content (AvgIpc) is 2.93. The van der Waals surface area contributed by atoms with E-state index in [0.29, 0.717) is 24.2 Å². The lowest BCUT2D eigenvalue weighted by molar-refractivity contribution is 0.0476. The molecule has 274 valence electrons. The molecule has 0 unspecified atom stereocenters. The Morgan fingerprint density at radius 3 is 1.92 bits per heavy atom. The van der Waals surface area contributed by atoms with Crippen LogP contribution < -0.4 is 10.6 Å². The molecule has 2 rings (SSSR count). The molecule has 3 amide bonds. The molecule has 2 aromatic rings. The fourth-order valence-corrected chi connectivity index (χ4v) is 6.72. The number of nitrogens with one attached hydrogen (secondary N) is 2. The van der Waals surface area contributed by atoms with Crippen molar-refractivity contribution in [3.05, 3.63) is 70.3 Å². The van der Waals surface area contributed by atoms with Gasteiger partial charge < -0.3 is 24.7 Å². The highest BCUT2D eigenvalue weighted by Gasteiger charge is 2.42. The summed E-state index contributed by atoms with van der Waals surface area (Å²) in [5.74, 6) is -2.05. The van der Waals surface area contributed by atoms with Crippen LogP contribution in [-0.4, -0.2) is 68.0 Å². The minimum absolute atomic E-state index is 0.0528. The first-order valence-electron chi connectivity index (χ1n) is 17.4. The molecule has 0 heterocycles. The van der Waals surface area contributed by atoms with E-state index >= 15 is 0 Å². The Morgan fingerprint density at radius 2 is 1.41 bits per heavy atom. The van der Waals surface area contributed by atoms with Gasteiger partial charge in [-0.1, -0.05) is 34.6 Å². The number of amides is 3. The van der Waals surface area contributed by atoms with Gasteiger partial charge >= 0.3 is 6.09 Å². The van der Waals surface area contributed by atoms with Crippen LogP contribution in [0.25, 0.3) is 0 Å². The molecule has 0 bridgehead atoms. The number of benzene rings is 2. The highest BCUT2D eigenvalue weighted by atomic mass is 28.4. The third-order valence-electron chi connectivity index (χ3n) is 8.61. The van der Waals surface area contributed by atoms with Gasteiger partial charge in [0.15, 0.2) is 8.32 Å². The molecule has 0 fully saturated rings. The van der Waals surface area contributed by atoms with Crippen LogP contribution in [0.15, 0.2) is 36.4 Å². The van der Waals surface area contributed by atoms with E-state index in [0.717, 1.165) is 24.5 Å².